The number of carbonyl (C=O) groups excluding carboxylic acids is 2. The maximum absolute atomic E-state index is 11.8. The summed E-state index contributed by atoms with van der Waals surface area (Å²) in [6.45, 7) is 1.54. The van der Waals surface area contributed by atoms with Gasteiger partial charge in [-0.25, -0.2) is 0 Å². The lowest BCUT2D eigenvalue weighted by Gasteiger charge is -2.11. The van der Waals surface area contributed by atoms with Gasteiger partial charge in [-0.05, 0) is 63.6 Å². The second kappa shape index (κ2) is 5.62. The van der Waals surface area contributed by atoms with E-state index in [1.54, 1.807) is 19.1 Å². The molecule has 0 bridgehead atoms. The smallest absolute Gasteiger partial charge is 0.253 e. The van der Waals surface area contributed by atoms with Crippen LogP contribution in [0.15, 0.2) is 22.7 Å². The summed E-state index contributed by atoms with van der Waals surface area (Å²) in [4.78, 5) is 22.6. The van der Waals surface area contributed by atoms with E-state index in [1.807, 2.05) is 6.07 Å². The van der Waals surface area contributed by atoms with Crippen LogP contribution in [-0.2, 0) is 4.79 Å². The van der Waals surface area contributed by atoms with Gasteiger partial charge in [0.05, 0.1) is 5.56 Å². The first kappa shape index (κ1) is 13.4. The average molecular weight is 397 g/mol. The van der Waals surface area contributed by atoms with Gasteiger partial charge in [-0.2, -0.15) is 0 Å². The van der Waals surface area contributed by atoms with E-state index in [4.69, 9.17) is 5.73 Å². The lowest BCUT2D eigenvalue weighted by Crippen LogP contribution is -2.42. The van der Waals surface area contributed by atoms with Crippen LogP contribution in [0.2, 0.25) is 0 Å². The highest BCUT2D eigenvalue weighted by Crippen LogP contribution is 2.19. The Morgan fingerprint density at radius 3 is 2.69 bits per heavy atom. The Hall–Kier alpha value is -0.630. The first-order chi connectivity index (χ1) is 7.41. The third-order valence-corrected chi connectivity index (χ3v) is 3.31. The number of hydrogen-bond acceptors (Lipinski definition) is 2. The summed E-state index contributed by atoms with van der Waals surface area (Å²) in [5.74, 6) is -0.883. The molecule has 3 N–H and O–H groups in total. The van der Waals surface area contributed by atoms with Crippen molar-refractivity contribution < 1.29 is 9.59 Å². The predicted molar refractivity (Wildman–Crippen MR) is 73.0 cm³/mol. The average Bonchev–Trinajstić information content (AvgIpc) is 2.21. The van der Waals surface area contributed by atoms with Crippen molar-refractivity contribution in [2.24, 2.45) is 5.73 Å². The molecule has 1 atom stereocenters. The topological polar surface area (TPSA) is 72.2 Å². The van der Waals surface area contributed by atoms with Gasteiger partial charge in [0.15, 0.2) is 0 Å². The minimum absolute atomic E-state index is 0.323. The molecule has 0 saturated carbocycles. The number of halogens is 2. The quantitative estimate of drug-likeness (QED) is 0.762. The number of nitrogens with one attached hydrogen (secondary N) is 1. The van der Waals surface area contributed by atoms with Crippen molar-refractivity contribution in [1.82, 2.24) is 5.32 Å². The maximum Gasteiger partial charge on any atom is 0.253 e. The summed E-state index contributed by atoms with van der Waals surface area (Å²) >= 11 is 5.39. The zero-order valence-corrected chi connectivity index (χ0v) is 12.2. The number of carbonyl (C=O) groups is 2. The fourth-order valence-corrected chi connectivity index (χ4v) is 1.93. The Bertz CT molecular complexity index is 437. The largest absolute Gasteiger partial charge is 0.368 e. The van der Waals surface area contributed by atoms with Gasteiger partial charge in [-0.3, -0.25) is 9.59 Å². The standard InChI is InChI=1S/C10H10BrIN2O2/c1-5(9(13)15)14-10(16)7-4-6(12)2-3-8(7)11/h2-5H,1H3,(H2,13,15)(H,14,16)/t5-/m0/s1. The van der Waals surface area contributed by atoms with Gasteiger partial charge in [-0.15, -0.1) is 0 Å². The summed E-state index contributed by atoms with van der Waals surface area (Å²) in [6.07, 6.45) is 0. The van der Waals surface area contributed by atoms with Crippen LogP contribution in [0.25, 0.3) is 0 Å². The second-order valence-corrected chi connectivity index (χ2v) is 5.32. The molecule has 0 aliphatic heterocycles. The van der Waals surface area contributed by atoms with Crippen LogP contribution in [0.5, 0.6) is 0 Å². The molecule has 0 fully saturated rings. The maximum atomic E-state index is 11.8. The van der Waals surface area contributed by atoms with Crippen molar-refractivity contribution in [1.29, 1.82) is 0 Å². The van der Waals surface area contributed by atoms with Gasteiger partial charge < -0.3 is 11.1 Å². The zero-order chi connectivity index (χ0) is 12.3. The van der Waals surface area contributed by atoms with Crippen LogP contribution in [0.1, 0.15) is 17.3 Å². The van der Waals surface area contributed by atoms with Gasteiger partial charge >= 0.3 is 0 Å². The van der Waals surface area contributed by atoms with Crippen LogP contribution in [-0.4, -0.2) is 17.9 Å². The Labute approximate surface area is 115 Å². The molecule has 1 aromatic rings. The molecule has 0 unspecified atom stereocenters. The van der Waals surface area contributed by atoms with E-state index in [1.165, 1.54) is 0 Å². The molecule has 1 rings (SSSR count). The van der Waals surface area contributed by atoms with Crippen molar-refractivity contribution in [3.63, 3.8) is 0 Å². The third-order valence-electron chi connectivity index (χ3n) is 1.95. The van der Waals surface area contributed by atoms with E-state index < -0.39 is 11.9 Å². The highest BCUT2D eigenvalue weighted by Gasteiger charge is 2.15. The van der Waals surface area contributed by atoms with E-state index in [0.29, 0.717) is 10.0 Å². The summed E-state index contributed by atoms with van der Waals surface area (Å²) in [5.41, 5.74) is 5.55. The number of rotatable bonds is 3. The minimum atomic E-state index is -0.683. The summed E-state index contributed by atoms with van der Waals surface area (Å²) in [6, 6.07) is 4.70. The van der Waals surface area contributed by atoms with Crippen molar-refractivity contribution in [2.75, 3.05) is 0 Å². The number of hydrogen-bond donors (Lipinski definition) is 2. The fourth-order valence-electron chi connectivity index (χ4n) is 1.02. The highest BCUT2D eigenvalue weighted by atomic mass is 127. The van der Waals surface area contributed by atoms with E-state index in [0.717, 1.165) is 3.57 Å². The van der Waals surface area contributed by atoms with Gasteiger partial charge in [0.2, 0.25) is 5.91 Å². The Morgan fingerprint density at radius 1 is 1.50 bits per heavy atom. The Morgan fingerprint density at radius 2 is 2.12 bits per heavy atom. The second-order valence-electron chi connectivity index (χ2n) is 3.22. The van der Waals surface area contributed by atoms with Crippen molar-refractivity contribution in [3.05, 3.63) is 31.8 Å². The van der Waals surface area contributed by atoms with Gasteiger partial charge in [0, 0.05) is 8.04 Å². The number of primary amides is 1. The van der Waals surface area contributed by atoms with Crippen molar-refractivity contribution in [3.8, 4) is 0 Å². The van der Waals surface area contributed by atoms with Crippen LogP contribution in [0.4, 0.5) is 0 Å². The summed E-state index contributed by atoms with van der Waals surface area (Å²) in [7, 11) is 0. The minimum Gasteiger partial charge on any atom is -0.368 e. The Kier molecular flexibility index (Phi) is 4.72. The molecule has 16 heavy (non-hydrogen) atoms. The van der Waals surface area contributed by atoms with Crippen LogP contribution < -0.4 is 11.1 Å². The summed E-state index contributed by atoms with van der Waals surface area (Å²) in [5, 5.41) is 2.52. The molecule has 0 radical (unpaired) electrons. The molecule has 0 aliphatic carbocycles. The van der Waals surface area contributed by atoms with Crippen molar-refractivity contribution in [2.45, 2.75) is 13.0 Å². The lowest BCUT2D eigenvalue weighted by atomic mass is 10.2. The molecule has 0 spiro atoms. The highest BCUT2D eigenvalue weighted by molar-refractivity contribution is 14.1. The number of nitrogens with two attached hydrogens (primary N) is 1. The van der Waals surface area contributed by atoms with E-state index in [-0.39, 0.29) is 5.91 Å². The number of benzene rings is 1. The zero-order valence-electron chi connectivity index (χ0n) is 8.46. The first-order valence-corrected chi connectivity index (χ1v) is 6.34. The van der Waals surface area contributed by atoms with E-state index in [2.05, 4.69) is 43.8 Å². The lowest BCUT2D eigenvalue weighted by molar-refractivity contribution is -0.119. The molecule has 1 aromatic carbocycles. The summed E-state index contributed by atoms with van der Waals surface area (Å²) < 4.78 is 1.62. The SMILES string of the molecule is C[C@H](NC(=O)c1cc(I)ccc1Br)C(N)=O. The molecule has 4 nitrogen and oxygen atoms in total. The normalized spacial score (nSPS) is 11.9. The van der Waals surface area contributed by atoms with Gasteiger partial charge in [-0.1, -0.05) is 0 Å². The molecular weight excluding hydrogens is 387 g/mol. The molecule has 0 aromatic heterocycles. The van der Waals surface area contributed by atoms with E-state index in [9.17, 15) is 9.59 Å². The van der Waals surface area contributed by atoms with Crippen molar-refractivity contribution >= 4 is 50.3 Å². The predicted octanol–water partition coefficient (Wildman–Crippen LogP) is 1.66. The van der Waals surface area contributed by atoms with Gasteiger partial charge in [0.1, 0.15) is 6.04 Å². The third kappa shape index (κ3) is 3.44. The molecule has 2 amide bonds. The Balaban J connectivity index is 2.88. The molecule has 0 saturated heterocycles. The molecule has 0 heterocycles. The van der Waals surface area contributed by atoms with E-state index >= 15 is 0 Å². The molecule has 0 aliphatic rings. The molecule has 86 valence electrons. The monoisotopic (exact) mass is 396 g/mol. The fraction of sp³-hybridized carbons (Fsp3) is 0.200. The first-order valence-electron chi connectivity index (χ1n) is 4.47. The van der Waals surface area contributed by atoms with Gasteiger partial charge in [0.25, 0.3) is 5.91 Å². The molecular formula is C10H10BrIN2O2. The van der Waals surface area contributed by atoms with Crippen LogP contribution in [0, 0.1) is 3.57 Å². The number of amides is 2. The van der Waals surface area contributed by atoms with Crippen LogP contribution in [0.3, 0.4) is 0 Å². The molecule has 6 heteroatoms. The van der Waals surface area contributed by atoms with Crippen LogP contribution >= 0.6 is 38.5 Å².